The van der Waals surface area contributed by atoms with Crippen molar-refractivity contribution in [1.82, 2.24) is 0 Å². The number of allylic oxidation sites excluding steroid dienone is 2. The summed E-state index contributed by atoms with van der Waals surface area (Å²) in [4.78, 5) is 13.1. The zero-order chi connectivity index (χ0) is 54.4. The highest BCUT2D eigenvalue weighted by Gasteiger charge is 2.47. The van der Waals surface area contributed by atoms with Crippen LogP contribution in [0.15, 0.2) is 12.2 Å². The summed E-state index contributed by atoms with van der Waals surface area (Å²) < 4.78 is 34.5. The van der Waals surface area contributed by atoms with Crippen molar-refractivity contribution in [3.8, 4) is 0 Å². The third-order valence-corrected chi connectivity index (χ3v) is 15.3. The van der Waals surface area contributed by atoms with E-state index < -0.39 is 80.7 Å². The second-order valence-corrected chi connectivity index (χ2v) is 22.2. The number of carbonyl (C=O) groups is 1. The lowest BCUT2D eigenvalue weighted by molar-refractivity contribution is -0.332. The molecule has 2 fully saturated rings. The van der Waals surface area contributed by atoms with Gasteiger partial charge in [0.05, 0.1) is 26.4 Å². The van der Waals surface area contributed by atoms with Crippen molar-refractivity contribution in [2.24, 2.45) is 0 Å². The lowest BCUT2D eigenvalue weighted by atomic mass is 9.98. The molecule has 0 radical (unpaired) electrons. The molecular weight excluding hydrogens is 957 g/mol. The number of ether oxygens (including phenoxy) is 6. The van der Waals surface area contributed by atoms with Crippen LogP contribution in [-0.2, 0) is 33.2 Å². The van der Waals surface area contributed by atoms with E-state index in [1.807, 2.05) is 0 Å². The van der Waals surface area contributed by atoms with Crippen LogP contribution in [0.3, 0.4) is 0 Å². The van der Waals surface area contributed by atoms with Crippen LogP contribution >= 0.6 is 0 Å². The third kappa shape index (κ3) is 35.2. The molecule has 2 aliphatic rings. The molecule has 7 N–H and O–H groups in total. The van der Waals surface area contributed by atoms with E-state index in [9.17, 15) is 40.5 Å². The van der Waals surface area contributed by atoms with E-state index in [2.05, 4.69) is 26.0 Å². The number of carbonyl (C=O) groups excluding carboxylic acids is 1. The van der Waals surface area contributed by atoms with Gasteiger partial charge in [0.15, 0.2) is 12.6 Å². The maximum absolute atomic E-state index is 13.1. The van der Waals surface area contributed by atoms with Gasteiger partial charge in [-0.2, -0.15) is 0 Å². The SMILES string of the molecule is CCCCCCCC/C=C\CCCCCCCCCCCC(=O)OC(COCCCCCCCCCCCCCCCCCCCCCCCC)COC1OC(COC2OC(CO)C(O)C(O)C2O)C(O)C(O)C1O. The summed E-state index contributed by atoms with van der Waals surface area (Å²) in [5.41, 5.74) is 0. The molecule has 75 heavy (non-hydrogen) atoms. The van der Waals surface area contributed by atoms with Crippen LogP contribution in [-0.4, -0.2) is 142 Å². The minimum absolute atomic E-state index is 0.0676. The summed E-state index contributed by atoms with van der Waals surface area (Å²) in [6.45, 7) is 3.75. The Labute approximate surface area is 456 Å². The standard InChI is InChI=1S/C61H116O14/c1-3-5-7-9-11-13-15-17-19-21-23-24-25-27-29-31-33-35-37-39-41-43-45-70-47-50(73-53(63)44-42-40-38-36-34-32-30-28-26-22-20-18-16-14-12-10-8-6-4-2)48-71-60-59(69)57(67)55(65)52(75-60)49-72-61-58(68)56(66)54(64)51(46-62)74-61/h18,20,50-52,54-62,64-69H,3-17,19,21-49H2,1-2H3/b20-18-. The number of rotatable bonds is 52. The van der Waals surface area contributed by atoms with Gasteiger partial charge in [0.1, 0.15) is 54.9 Å². The van der Waals surface area contributed by atoms with Crippen molar-refractivity contribution in [3.63, 3.8) is 0 Å². The average molecular weight is 1070 g/mol. The molecule has 0 aromatic rings. The molecule has 11 atom stereocenters. The third-order valence-electron chi connectivity index (χ3n) is 15.3. The zero-order valence-corrected chi connectivity index (χ0v) is 47.8. The van der Waals surface area contributed by atoms with Crippen LogP contribution in [0.5, 0.6) is 0 Å². The first kappa shape index (κ1) is 69.8. The number of unbranched alkanes of at least 4 members (excludes halogenated alkanes) is 36. The molecule has 2 rings (SSSR count). The highest BCUT2D eigenvalue weighted by atomic mass is 16.7. The topological polar surface area (TPSA) is 214 Å². The molecule has 0 spiro atoms. The van der Waals surface area contributed by atoms with Crippen molar-refractivity contribution in [2.45, 2.75) is 338 Å². The lowest BCUT2D eigenvalue weighted by Crippen LogP contribution is -2.61. The second kappa shape index (κ2) is 48.6. The average Bonchev–Trinajstić information content (AvgIpc) is 3.41. The van der Waals surface area contributed by atoms with Gasteiger partial charge in [-0.25, -0.2) is 0 Å². The molecule has 2 heterocycles. The Bertz CT molecular complexity index is 1290. The van der Waals surface area contributed by atoms with Crippen LogP contribution in [0.2, 0.25) is 0 Å². The van der Waals surface area contributed by atoms with Gasteiger partial charge in [0.2, 0.25) is 0 Å². The zero-order valence-electron chi connectivity index (χ0n) is 47.8. The number of aliphatic hydroxyl groups is 7. The van der Waals surface area contributed by atoms with Gasteiger partial charge in [0.25, 0.3) is 0 Å². The predicted octanol–water partition coefficient (Wildman–Crippen LogP) is 11.8. The maximum atomic E-state index is 13.1. The van der Waals surface area contributed by atoms with E-state index >= 15 is 0 Å². The smallest absolute Gasteiger partial charge is 0.306 e. The first-order chi connectivity index (χ1) is 36.6. The van der Waals surface area contributed by atoms with E-state index in [4.69, 9.17) is 28.4 Å². The molecule has 0 aliphatic carbocycles. The fourth-order valence-corrected chi connectivity index (χ4v) is 10.2. The van der Waals surface area contributed by atoms with Gasteiger partial charge >= 0.3 is 5.97 Å². The van der Waals surface area contributed by atoms with Crippen LogP contribution < -0.4 is 0 Å². The Balaban J connectivity index is 1.68. The summed E-state index contributed by atoms with van der Waals surface area (Å²) in [5, 5.41) is 72.4. The van der Waals surface area contributed by atoms with Gasteiger partial charge in [-0.15, -0.1) is 0 Å². The monoisotopic (exact) mass is 1070 g/mol. The molecule has 0 amide bonds. The van der Waals surface area contributed by atoms with Gasteiger partial charge in [-0.05, 0) is 38.5 Å². The lowest BCUT2D eigenvalue weighted by Gasteiger charge is -2.42. The van der Waals surface area contributed by atoms with E-state index in [0.29, 0.717) is 13.0 Å². The van der Waals surface area contributed by atoms with E-state index in [1.165, 1.54) is 205 Å². The molecule has 14 nitrogen and oxygen atoms in total. The fraction of sp³-hybridized carbons (Fsp3) is 0.951. The summed E-state index contributed by atoms with van der Waals surface area (Å²) in [5.74, 6) is -0.371. The number of hydrogen-bond acceptors (Lipinski definition) is 14. The normalized spacial score (nSPS) is 24.6. The molecule has 2 saturated heterocycles. The first-order valence-electron chi connectivity index (χ1n) is 31.3. The maximum Gasteiger partial charge on any atom is 0.306 e. The van der Waals surface area contributed by atoms with Gasteiger partial charge < -0.3 is 64.2 Å². The summed E-state index contributed by atoms with van der Waals surface area (Å²) in [7, 11) is 0. The predicted molar refractivity (Wildman–Crippen MR) is 298 cm³/mol. The van der Waals surface area contributed by atoms with Gasteiger partial charge in [0, 0.05) is 13.0 Å². The van der Waals surface area contributed by atoms with Crippen molar-refractivity contribution in [3.05, 3.63) is 12.2 Å². The van der Waals surface area contributed by atoms with Crippen LogP contribution in [0.1, 0.15) is 271 Å². The largest absolute Gasteiger partial charge is 0.457 e. The molecule has 0 aromatic carbocycles. The van der Waals surface area contributed by atoms with E-state index in [0.717, 1.165) is 38.5 Å². The Morgan fingerprint density at radius 2 is 0.787 bits per heavy atom. The van der Waals surface area contributed by atoms with Crippen LogP contribution in [0, 0.1) is 0 Å². The minimum atomic E-state index is -1.70. The Kier molecular flexibility index (Phi) is 45.3. The van der Waals surface area contributed by atoms with Crippen molar-refractivity contribution < 1.29 is 69.0 Å². The minimum Gasteiger partial charge on any atom is -0.457 e. The van der Waals surface area contributed by atoms with Crippen molar-refractivity contribution >= 4 is 5.97 Å². The highest BCUT2D eigenvalue weighted by Crippen LogP contribution is 2.27. The molecule has 0 saturated carbocycles. The van der Waals surface area contributed by atoms with Gasteiger partial charge in [-0.3, -0.25) is 4.79 Å². The highest BCUT2D eigenvalue weighted by molar-refractivity contribution is 5.69. The second-order valence-electron chi connectivity index (χ2n) is 22.2. The molecule has 14 heteroatoms. The number of aliphatic hydroxyl groups excluding tert-OH is 7. The van der Waals surface area contributed by atoms with Crippen LogP contribution in [0.4, 0.5) is 0 Å². The van der Waals surface area contributed by atoms with Gasteiger partial charge in [-0.1, -0.05) is 238 Å². The Morgan fingerprint density at radius 3 is 1.21 bits per heavy atom. The molecule has 2 aliphatic heterocycles. The molecular formula is C61H116O14. The molecule has 11 unspecified atom stereocenters. The van der Waals surface area contributed by atoms with E-state index in [-0.39, 0.29) is 25.6 Å². The molecule has 0 bridgehead atoms. The quantitative estimate of drug-likeness (QED) is 0.0172. The Morgan fingerprint density at radius 1 is 0.427 bits per heavy atom. The van der Waals surface area contributed by atoms with Crippen molar-refractivity contribution in [2.75, 3.05) is 33.0 Å². The van der Waals surface area contributed by atoms with Crippen LogP contribution in [0.25, 0.3) is 0 Å². The fourth-order valence-electron chi connectivity index (χ4n) is 10.2. The summed E-state index contributed by atoms with van der Waals surface area (Å²) in [6.07, 6.45) is 38.5. The Hall–Kier alpha value is -1.27. The van der Waals surface area contributed by atoms with E-state index in [1.54, 1.807) is 0 Å². The van der Waals surface area contributed by atoms with Crippen molar-refractivity contribution in [1.29, 1.82) is 0 Å². The summed E-state index contributed by atoms with van der Waals surface area (Å²) >= 11 is 0. The molecule has 444 valence electrons. The number of esters is 1. The number of hydrogen-bond donors (Lipinski definition) is 7. The first-order valence-corrected chi connectivity index (χ1v) is 31.3. The summed E-state index contributed by atoms with van der Waals surface area (Å²) in [6, 6.07) is 0. The molecule has 0 aromatic heterocycles.